The first-order valence-electron chi connectivity index (χ1n) is 12.7. The van der Waals surface area contributed by atoms with Gasteiger partial charge >= 0.3 is 0 Å². The van der Waals surface area contributed by atoms with Crippen LogP contribution in [0.4, 0.5) is 0 Å². The first kappa shape index (κ1) is 23.3. The Morgan fingerprint density at radius 3 is 1.21 bits per heavy atom. The number of aromatic nitrogens is 2. The lowest BCUT2D eigenvalue weighted by molar-refractivity contribution is 1.18. The van der Waals surface area contributed by atoms with Crippen molar-refractivity contribution in [2.45, 2.75) is 0 Å². The third-order valence-corrected chi connectivity index (χ3v) is 6.71. The molecule has 0 aliphatic heterocycles. The fourth-order valence-corrected chi connectivity index (χ4v) is 4.57. The average molecular weight is 487 g/mol. The lowest BCUT2D eigenvalue weighted by Crippen LogP contribution is -1.95. The summed E-state index contributed by atoms with van der Waals surface area (Å²) in [6.07, 6.45) is 1.86. The summed E-state index contributed by atoms with van der Waals surface area (Å²) < 4.78 is 0. The van der Waals surface area contributed by atoms with Gasteiger partial charge < -0.3 is 0 Å². The molecule has 0 spiro atoms. The zero-order valence-corrected chi connectivity index (χ0v) is 21.0. The van der Waals surface area contributed by atoms with Crippen molar-refractivity contribution in [1.82, 2.24) is 9.97 Å². The third-order valence-electron chi connectivity index (χ3n) is 6.71. The highest BCUT2D eigenvalue weighted by molar-refractivity contribution is 5.75. The molecule has 0 saturated heterocycles. The molecule has 2 heteroatoms. The van der Waals surface area contributed by atoms with Gasteiger partial charge in [-0.3, -0.25) is 0 Å². The molecule has 0 radical (unpaired) electrons. The highest BCUT2D eigenvalue weighted by atomic mass is 14.9. The highest BCUT2D eigenvalue weighted by Crippen LogP contribution is 2.30. The molecular formula is C36H26N2. The van der Waals surface area contributed by atoms with Gasteiger partial charge in [-0.15, -0.1) is 0 Å². The van der Waals surface area contributed by atoms with Gasteiger partial charge in [-0.25, -0.2) is 9.97 Å². The van der Waals surface area contributed by atoms with Crippen LogP contribution in [0.5, 0.6) is 0 Å². The molecule has 5 aromatic carbocycles. The summed E-state index contributed by atoms with van der Waals surface area (Å²) in [6, 6.07) is 48.3. The molecule has 1 heterocycles. The van der Waals surface area contributed by atoms with E-state index >= 15 is 0 Å². The Morgan fingerprint density at radius 2 is 0.763 bits per heavy atom. The fourth-order valence-electron chi connectivity index (χ4n) is 4.57. The van der Waals surface area contributed by atoms with E-state index in [-0.39, 0.29) is 0 Å². The number of benzene rings is 5. The largest absolute Gasteiger partial charge is 0.228 e. The molecule has 0 N–H and O–H groups in total. The van der Waals surface area contributed by atoms with E-state index in [2.05, 4.69) is 110 Å². The molecule has 0 fully saturated rings. The van der Waals surface area contributed by atoms with Crippen molar-refractivity contribution in [3.63, 3.8) is 0 Å². The van der Waals surface area contributed by atoms with Gasteiger partial charge in [0.25, 0.3) is 0 Å². The van der Waals surface area contributed by atoms with Gasteiger partial charge in [-0.05, 0) is 33.9 Å². The Hall–Kier alpha value is -5.08. The predicted molar refractivity (Wildman–Crippen MR) is 159 cm³/mol. The van der Waals surface area contributed by atoms with Gasteiger partial charge in [0.15, 0.2) is 5.82 Å². The monoisotopic (exact) mass is 486 g/mol. The molecule has 1 aromatic heterocycles. The minimum absolute atomic E-state index is 0.725. The van der Waals surface area contributed by atoms with Crippen LogP contribution in [-0.4, -0.2) is 9.97 Å². The van der Waals surface area contributed by atoms with E-state index in [0.29, 0.717) is 0 Å². The molecule has 0 bridgehead atoms. The molecule has 0 saturated carbocycles. The van der Waals surface area contributed by atoms with Crippen LogP contribution >= 0.6 is 0 Å². The second-order valence-corrected chi connectivity index (χ2v) is 9.17. The Labute approximate surface area is 223 Å². The lowest BCUT2D eigenvalue weighted by Gasteiger charge is -2.10. The van der Waals surface area contributed by atoms with Crippen LogP contribution in [0.2, 0.25) is 0 Å². The molecule has 0 unspecified atom stereocenters. The topological polar surface area (TPSA) is 25.8 Å². The number of hydrogen-bond donors (Lipinski definition) is 0. The molecule has 0 aliphatic rings. The highest BCUT2D eigenvalue weighted by Gasteiger charge is 2.11. The minimum atomic E-state index is 0.725. The average Bonchev–Trinajstić information content (AvgIpc) is 3.02. The zero-order valence-electron chi connectivity index (χ0n) is 21.0. The molecule has 6 rings (SSSR count). The molecule has 38 heavy (non-hydrogen) atoms. The maximum atomic E-state index is 4.94. The number of rotatable bonds is 6. The SMILES string of the molecule is C=Cc1ccc(-c2ccc(-c3ccc(-c4cc(-c5ccccc5)nc(-c5ccccc5)n4)cc3)cc2)cc1. The quantitative estimate of drug-likeness (QED) is 0.234. The van der Waals surface area contributed by atoms with Crippen molar-refractivity contribution < 1.29 is 0 Å². The van der Waals surface area contributed by atoms with Gasteiger partial charge in [0, 0.05) is 16.7 Å². The minimum Gasteiger partial charge on any atom is -0.228 e. The molecule has 0 amide bonds. The van der Waals surface area contributed by atoms with Gasteiger partial charge in [-0.1, -0.05) is 146 Å². The molecule has 6 aromatic rings. The van der Waals surface area contributed by atoms with E-state index in [9.17, 15) is 0 Å². The first-order chi connectivity index (χ1) is 18.8. The van der Waals surface area contributed by atoms with Crippen molar-refractivity contribution in [3.8, 4) is 56.2 Å². The van der Waals surface area contributed by atoms with Crippen LogP contribution in [0.15, 0.2) is 146 Å². The second-order valence-electron chi connectivity index (χ2n) is 9.17. The van der Waals surface area contributed by atoms with Crippen LogP contribution in [0.3, 0.4) is 0 Å². The number of nitrogens with zero attached hydrogens (tertiary/aromatic N) is 2. The smallest absolute Gasteiger partial charge is 0.160 e. The van der Waals surface area contributed by atoms with E-state index in [1.165, 1.54) is 22.3 Å². The summed E-state index contributed by atoms with van der Waals surface area (Å²) in [5.74, 6) is 0.725. The van der Waals surface area contributed by atoms with Crippen molar-refractivity contribution in [2.24, 2.45) is 0 Å². The van der Waals surface area contributed by atoms with E-state index in [1.54, 1.807) is 0 Å². The fraction of sp³-hybridized carbons (Fsp3) is 0. The van der Waals surface area contributed by atoms with Crippen LogP contribution in [0.1, 0.15) is 5.56 Å². The van der Waals surface area contributed by atoms with Crippen molar-refractivity contribution >= 4 is 6.08 Å². The van der Waals surface area contributed by atoms with Gasteiger partial charge in [0.2, 0.25) is 0 Å². The van der Waals surface area contributed by atoms with E-state index < -0.39 is 0 Å². The summed E-state index contributed by atoms with van der Waals surface area (Å²) in [5, 5.41) is 0. The normalized spacial score (nSPS) is 10.7. The summed E-state index contributed by atoms with van der Waals surface area (Å²) in [5.41, 5.74) is 10.8. The van der Waals surface area contributed by atoms with Crippen molar-refractivity contribution in [3.05, 3.63) is 152 Å². The molecule has 0 aliphatic carbocycles. The summed E-state index contributed by atoms with van der Waals surface area (Å²) >= 11 is 0. The van der Waals surface area contributed by atoms with Crippen molar-refractivity contribution in [2.75, 3.05) is 0 Å². The Bertz CT molecular complexity index is 1610. The Kier molecular flexibility index (Phi) is 6.44. The van der Waals surface area contributed by atoms with E-state index in [0.717, 1.165) is 39.5 Å². The van der Waals surface area contributed by atoms with E-state index in [4.69, 9.17) is 9.97 Å². The van der Waals surface area contributed by atoms with E-state index in [1.807, 2.05) is 42.5 Å². The molecule has 0 atom stereocenters. The Balaban J connectivity index is 1.32. The third kappa shape index (κ3) is 4.93. The number of hydrogen-bond acceptors (Lipinski definition) is 2. The summed E-state index contributed by atoms with van der Waals surface area (Å²) in [7, 11) is 0. The van der Waals surface area contributed by atoms with Gasteiger partial charge in [0.1, 0.15) is 0 Å². The molecule has 180 valence electrons. The van der Waals surface area contributed by atoms with Gasteiger partial charge in [-0.2, -0.15) is 0 Å². The maximum absolute atomic E-state index is 4.94. The van der Waals surface area contributed by atoms with Crippen LogP contribution < -0.4 is 0 Å². The standard InChI is InChI=1S/C36H26N2/c1-2-26-13-15-27(16-14-26)28-17-19-29(20-18-28)30-21-23-32(24-22-30)35-25-34(31-9-5-3-6-10-31)37-36(38-35)33-11-7-4-8-12-33/h2-25H,1H2. The lowest BCUT2D eigenvalue weighted by atomic mass is 9.98. The van der Waals surface area contributed by atoms with Crippen LogP contribution in [-0.2, 0) is 0 Å². The molecule has 2 nitrogen and oxygen atoms in total. The second kappa shape index (κ2) is 10.5. The Morgan fingerprint density at radius 1 is 0.395 bits per heavy atom. The van der Waals surface area contributed by atoms with Gasteiger partial charge in [0.05, 0.1) is 11.4 Å². The zero-order chi connectivity index (χ0) is 25.7. The summed E-state index contributed by atoms with van der Waals surface area (Å²) in [4.78, 5) is 9.83. The molecular weight excluding hydrogens is 460 g/mol. The first-order valence-corrected chi connectivity index (χ1v) is 12.7. The summed E-state index contributed by atoms with van der Waals surface area (Å²) in [6.45, 7) is 3.83. The maximum Gasteiger partial charge on any atom is 0.160 e. The predicted octanol–water partition coefficient (Wildman–Crippen LogP) is 9.45. The van der Waals surface area contributed by atoms with Crippen LogP contribution in [0, 0.1) is 0 Å². The van der Waals surface area contributed by atoms with Crippen LogP contribution in [0.25, 0.3) is 62.2 Å². The van der Waals surface area contributed by atoms with Crippen molar-refractivity contribution in [1.29, 1.82) is 0 Å².